The summed E-state index contributed by atoms with van der Waals surface area (Å²) in [5.41, 5.74) is 1.71. The summed E-state index contributed by atoms with van der Waals surface area (Å²) in [6.45, 7) is 5.59. The number of likely N-dealkylation sites (tertiary alicyclic amines) is 1. The molecule has 154 valence electrons. The van der Waals surface area contributed by atoms with Gasteiger partial charge in [0, 0.05) is 18.1 Å². The lowest BCUT2D eigenvalue weighted by atomic mass is 9.97. The molecule has 0 aromatic heterocycles. The molecule has 3 atom stereocenters. The number of carbonyl (C=O) groups excluding carboxylic acids is 2. The van der Waals surface area contributed by atoms with E-state index in [2.05, 4.69) is 0 Å². The Balaban J connectivity index is 1.68. The molecule has 7 nitrogen and oxygen atoms in total. The van der Waals surface area contributed by atoms with Gasteiger partial charge in [-0.05, 0) is 70.2 Å². The van der Waals surface area contributed by atoms with E-state index in [0.29, 0.717) is 17.7 Å². The predicted octanol–water partition coefficient (Wildman–Crippen LogP) is 2.34. The van der Waals surface area contributed by atoms with E-state index in [1.54, 1.807) is 18.2 Å². The topological polar surface area (TPSA) is 84.0 Å². The number of hydrogen-bond donors (Lipinski definition) is 0. The predicted molar refractivity (Wildman–Crippen MR) is 107 cm³/mol. The van der Waals surface area contributed by atoms with Gasteiger partial charge in [-0.2, -0.15) is 0 Å². The molecule has 0 unspecified atom stereocenters. The number of ether oxygens (including phenoxy) is 1. The third-order valence-electron chi connectivity index (χ3n) is 5.63. The Morgan fingerprint density at radius 1 is 1.11 bits per heavy atom. The molecule has 2 aliphatic rings. The molecular weight excluding hydrogens is 380 g/mol. The smallest absolute Gasteiger partial charge is 0.338 e. The van der Waals surface area contributed by atoms with Crippen molar-refractivity contribution in [1.82, 2.24) is 4.90 Å². The van der Waals surface area contributed by atoms with E-state index in [1.165, 1.54) is 10.6 Å². The number of fused-ring (bicyclic) bond motifs is 1. The molecule has 1 fully saturated rings. The van der Waals surface area contributed by atoms with Crippen molar-refractivity contribution in [2.45, 2.75) is 64.6 Å². The van der Waals surface area contributed by atoms with Gasteiger partial charge in [0.15, 0.2) is 6.61 Å². The summed E-state index contributed by atoms with van der Waals surface area (Å²) in [5.74, 6) is -0.745. The monoisotopic (exact) mass is 408 g/mol. The van der Waals surface area contributed by atoms with Crippen LogP contribution >= 0.6 is 0 Å². The molecule has 3 rings (SSSR count). The number of nitrogens with zero attached hydrogens (tertiary/aromatic N) is 2. The Morgan fingerprint density at radius 3 is 2.36 bits per heavy atom. The lowest BCUT2D eigenvalue weighted by Gasteiger charge is -2.38. The standard InChI is InChI=1S/C20H28N2O5S/c1-13-6-5-7-14(2)21(13)19(23)12-27-20(24)16-8-9-18-17(11-16)10-15(3)22(18)28(4,25)26/h8-9,11,13-15H,5-7,10,12H2,1-4H3/t13-,14-,15+/m1/s1. The zero-order valence-electron chi connectivity index (χ0n) is 16.8. The van der Waals surface area contributed by atoms with Crippen LogP contribution in [0.4, 0.5) is 5.69 Å². The highest BCUT2D eigenvalue weighted by Crippen LogP contribution is 2.34. The van der Waals surface area contributed by atoms with Crippen LogP contribution in [-0.4, -0.2) is 56.2 Å². The minimum atomic E-state index is -3.38. The maximum atomic E-state index is 12.5. The summed E-state index contributed by atoms with van der Waals surface area (Å²) in [7, 11) is -3.38. The minimum Gasteiger partial charge on any atom is -0.452 e. The summed E-state index contributed by atoms with van der Waals surface area (Å²) in [6.07, 6.45) is 4.73. The van der Waals surface area contributed by atoms with Crippen LogP contribution < -0.4 is 4.31 Å². The maximum Gasteiger partial charge on any atom is 0.338 e. The first-order chi connectivity index (χ1) is 13.1. The number of benzene rings is 1. The quantitative estimate of drug-likeness (QED) is 0.714. The lowest BCUT2D eigenvalue weighted by molar-refractivity contribution is -0.140. The molecule has 0 bridgehead atoms. The molecule has 0 saturated carbocycles. The molecule has 2 aliphatic heterocycles. The first kappa shape index (κ1) is 20.6. The molecule has 1 aromatic carbocycles. The Morgan fingerprint density at radius 2 is 1.75 bits per heavy atom. The van der Waals surface area contributed by atoms with Crippen molar-refractivity contribution in [3.8, 4) is 0 Å². The summed E-state index contributed by atoms with van der Waals surface area (Å²) in [4.78, 5) is 26.8. The highest BCUT2D eigenvalue weighted by molar-refractivity contribution is 7.92. The third-order valence-corrected chi connectivity index (χ3v) is 6.91. The molecule has 1 amide bonds. The summed E-state index contributed by atoms with van der Waals surface area (Å²) < 4.78 is 30.6. The van der Waals surface area contributed by atoms with Crippen LogP contribution in [0.2, 0.25) is 0 Å². The van der Waals surface area contributed by atoms with Crippen molar-refractivity contribution >= 4 is 27.6 Å². The van der Waals surface area contributed by atoms with Gasteiger partial charge in [0.25, 0.3) is 5.91 Å². The van der Waals surface area contributed by atoms with Crippen LogP contribution in [0.3, 0.4) is 0 Å². The second-order valence-corrected chi connectivity index (χ2v) is 9.82. The molecule has 0 radical (unpaired) electrons. The van der Waals surface area contributed by atoms with Crippen molar-refractivity contribution in [1.29, 1.82) is 0 Å². The van der Waals surface area contributed by atoms with Gasteiger partial charge in [0.2, 0.25) is 10.0 Å². The number of sulfonamides is 1. The fraction of sp³-hybridized carbons (Fsp3) is 0.600. The van der Waals surface area contributed by atoms with Gasteiger partial charge in [0.1, 0.15) is 0 Å². The second-order valence-electron chi connectivity index (χ2n) is 7.96. The molecule has 1 saturated heterocycles. The summed E-state index contributed by atoms with van der Waals surface area (Å²) >= 11 is 0. The first-order valence-corrected chi connectivity index (χ1v) is 11.5. The molecule has 8 heteroatoms. The Labute approximate surface area is 166 Å². The van der Waals surface area contributed by atoms with E-state index in [9.17, 15) is 18.0 Å². The largest absolute Gasteiger partial charge is 0.452 e. The van der Waals surface area contributed by atoms with E-state index in [1.807, 2.05) is 25.7 Å². The molecular formula is C20H28N2O5S. The normalized spacial score (nSPS) is 24.8. The second kappa shape index (κ2) is 7.73. The van der Waals surface area contributed by atoms with Crippen molar-refractivity contribution in [2.75, 3.05) is 17.2 Å². The van der Waals surface area contributed by atoms with Crippen molar-refractivity contribution < 1.29 is 22.7 Å². The fourth-order valence-corrected chi connectivity index (χ4v) is 5.70. The average molecular weight is 409 g/mol. The van der Waals surface area contributed by atoms with E-state index in [-0.39, 0.29) is 30.6 Å². The van der Waals surface area contributed by atoms with Crippen LogP contribution in [0.15, 0.2) is 18.2 Å². The number of anilines is 1. The van der Waals surface area contributed by atoms with Gasteiger partial charge in [-0.15, -0.1) is 0 Å². The molecule has 1 aromatic rings. The molecule has 0 aliphatic carbocycles. The lowest BCUT2D eigenvalue weighted by Crippen LogP contribution is -2.49. The van der Waals surface area contributed by atoms with Gasteiger partial charge in [-0.25, -0.2) is 13.2 Å². The Hall–Kier alpha value is -2.09. The Kier molecular flexibility index (Phi) is 5.70. The van der Waals surface area contributed by atoms with Gasteiger partial charge in [-0.1, -0.05) is 0 Å². The van der Waals surface area contributed by atoms with E-state index >= 15 is 0 Å². The SMILES string of the molecule is C[C@@H]1CCC[C@@H](C)N1C(=O)COC(=O)c1ccc2c(c1)C[C@H](C)N2S(C)(=O)=O. The third kappa shape index (κ3) is 4.01. The highest BCUT2D eigenvalue weighted by atomic mass is 32.2. The van der Waals surface area contributed by atoms with Gasteiger partial charge in [-0.3, -0.25) is 9.10 Å². The fourth-order valence-electron chi connectivity index (χ4n) is 4.43. The summed E-state index contributed by atoms with van der Waals surface area (Å²) in [5, 5.41) is 0. The molecule has 2 heterocycles. The highest BCUT2D eigenvalue weighted by Gasteiger charge is 2.33. The van der Waals surface area contributed by atoms with E-state index in [4.69, 9.17) is 4.74 Å². The van der Waals surface area contributed by atoms with Crippen molar-refractivity contribution in [3.63, 3.8) is 0 Å². The van der Waals surface area contributed by atoms with Crippen LogP contribution in [-0.2, 0) is 26.0 Å². The van der Waals surface area contributed by atoms with Crippen molar-refractivity contribution in [2.24, 2.45) is 0 Å². The zero-order valence-corrected chi connectivity index (χ0v) is 17.7. The maximum absolute atomic E-state index is 12.5. The Bertz CT molecular complexity index is 873. The van der Waals surface area contributed by atoms with Gasteiger partial charge in [0.05, 0.1) is 17.5 Å². The van der Waals surface area contributed by atoms with Gasteiger partial charge >= 0.3 is 5.97 Å². The summed E-state index contributed by atoms with van der Waals surface area (Å²) in [6, 6.07) is 4.95. The van der Waals surface area contributed by atoms with Crippen molar-refractivity contribution in [3.05, 3.63) is 29.3 Å². The number of carbonyl (C=O) groups is 2. The van der Waals surface area contributed by atoms with Crippen LogP contribution in [0.25, 0.3) is 0 Å². The van der Waals surface area contributed by atoms with Gasteiger partial charge < -0.3 is 9.64 Å². The average Bonchev–Trinajstić information content (AvgIpc) is 2.94. The van der Waals surface area contributed by atoms with Crippen LogP contribution in [0.5, 0.6) is 0 Å². The number of rotatable bonds is 4. The number of piperidine rings is 1. The van der Waals surface area contributed by atoms with Crippen LogP contribution in [0.1, 0.15) is 56.0 Å². The number of hydrogen-bond acceptors (Lipinski definition) is 5. The van der Waals surface area contributed by atoms with E-state index in [0.717, 1.165) is 24.8 Å². The van der Waals surface area contributed by atoms with E-state index < -0.39 is 16.0 Å². The molecule has 0 N–H and O–H groups in total. The number of esters is 1. The number of amides is 1. The zero-order chi connectivity index (χ0) is 20.6. The van der Waals surface area contributed by atoms with Crippen LogP contribution in [0, 0.1) is 0 Å². The molecule has 0 spiro atoms. The first-order valence-electron chi connectivity index (χ1n) is 9.70. The molecule has 28 heavy (non-hydrogen) atoms. The minimum absolute atomic E-state index is 0.151.